The van der Waals surface area contributed by atoms with Gasteiger partial charge in [0.1, 0.15) is 5.01 Å². The lowest BCUT2D eigenvalue weighted by Crippen LogP contribution is -2.14. The molecule has 0 aliphatic rings. The highest BCUT2D eigenvalue weighted by molar-refractivity contribution is 7.09. The smallest absolute Gasteiger partial charge is 0.360 e. The van der Waals surface area contributed by atoms with Crippen LogP contribution in [0.15, 0.2) is 5.38 Å². The van der Waals surface area contributed by atoms with Crippen LogP contribution in [0.25, 0.3) is 0 Å². The molecule has 0 saturated carbocycles. The molecule has 0 radical (unpaired) electrons. The third-order valence-electron chi connectivity index (χ3n) is 2.55. The number of nitrogens with two attached hydrogens (primary N) is 1. The fourth-order valence-corrected chi connectivity index (χ4v) is 2.46. The number of methoxy groups -OCH3 is 1. The molecule has 0 bridgehead atoms. The number of hydrogen-bond acceptors (Lipinski definition) is 7. The molecule has 8 heteroatoms. The Morgan fingerprint density at radius 1 is 1.58 bits per heavy atom. The van der Waals surface area contributed by atoms with Crippen molar-refractivity contribution in [3.05, 3.63) is 27.5 Å². The van der Waals surface area contributed by atoms with Crippen molar-refractivity contribution in [1.82, 2.24) is 20.0 Å². The van der Waals surface area contributed by atoms with E-state index in [1.54, 1.807) is 16.0 Å². The molecular weight excluding hydrogens is 266 g/mol. The number of aryl methyl sites for hydroxylation is 1. The minimum atomic E-state index is -0.495. The van der Waals surface area contributed by atoms with Crippen LogP contribution in [-0.4, -0.2) is 39.6 Å². The van der Waals surface area contributed by atoms with Gasteiger partial charge in [0.2, 0.25) is 0 Å². The zero-order valence-corrected chi connectivity index (χ0v) is 11.6. The second-order valence-corrected chi connectivity index (χ2v) is 4.90. The summed E-state index contributed by atoms with van der Waals surface area (Å²) >= 11 is 1.55. The molecule has 2 aromatic heterocycles. The Labute approximate surface area is 114 Å². The van der Waals surface area contributed by atoms with Crippen molar-refractivity contribution in [3.63, 3.8) is 0 Å². The lowest BCUT2D eigenvalue weighted by atomic mass is 10.2. The molecule has 0 spiro atoms. The average Bonchev–Trinajstić information content (AvgIpc) is 2.97. The summed E-state index contributed by atoms with van der Waals surface area (Å²) < 4.78 is 6.33. The van der Waals surface area contributed by atoms with Crippen LogP contribution >= 0.6 is 11.3 Å². The quantitative estimate of drug-likeness (QED) is 0.796. The van der Waals surface area contributed by atoms with Crippen LogP contribution in [0.5, 0.6) is 0 Å². The van der Waals surface area contributed by atoms with Crippen LogP contribution in [0.4, 0.5) is 0 Å². The molecule has 102 valence electrons. The van der Waals surface area contributed by atoms with Crippen LogP contribution < -0.4 is 5.73 Å². The Balaban J connectivity index is 2.29. The molecule has 0 aromatic carbocycles. The Hall–Kier alpha value is -1.80. The summed E-state index contributed by atoms with van der Waals surface area (Å²) in [5.41, 5.74) is 7.43. The SMILES string of the molecule is COC(=O)c1nnn(Cc2nc(C)cs2)c1CCN. The standard InChI is InChI=1S/C11H15N5O2S/c1-7-6-19-9(13-7)5-16-8(3-4-12)10(14-15-16)11(17)18-2/h6H,3-5,12H2,1-2H3. The molecule has 0 aliphatic heterocycles. The zero-order chi connectivity index (χ0) is 13.8. The summed E-state index contributed by atoms with van der Waals surface area (Å²) in [6.45, 7) is 2.83. The third-order valence-corrected chi connectivity index (χ3v) is 3.50. The fraction of sp³-hybridized carbons (Fsp3) is 0.455. The van der Waals surface area contributed by atoms with Gasteiger partial charge in [-0.25, -0.2) is 14.5 Å². The first-order valence-corrected chi connectivity index (χ1v) is 6.65. The minimum Gasteiger partial charge on any atom is -0.464 e. The van der Waals surface area contributed by atoms with E-state index in [0.29, 0.717) is 25.2 Å². The monoisotopic (exact) mass is 281 g/mol. The summed E-state index contributed by atoms with van der Waals surface area (Å²) in [6.07, 6.45) is 0.516. The van der Waals surface area contributed by atoms with Crippen molar-refractivity contribution in [3.8, 4) is 0 Å². The van der Waals surface area contributed by atoms with Gasteiger partial charge in [-0.1, -0.05) is 5.21 Å². The van der Waals surface area contributed by atoms with Gasteiger partial charge in [0.05, 0.1) is 19.3 Å². The van der Waals surface area contributed by atoms with E-state index in [1.165, 1.54) is 7.11 Å². The molecule has 0 amide bonds. The first-order chi connectivity index (χ1) is 9.15. The number of carbonyl (C=O) groups is 1. The molecule has 0 atom stereocenters. The van der Waals surface area contributed by atoms with E-state index in [1.807, 2.05) is 12.3 Å². The molecule has 2 heterocycles. The number of carbonyl (C=O) groups excluding carboxylic acids is 1. The van der Waals surface area contributed by atoms with Crippen molar-refractivity contribution in [2.24, 2.45) is 5.73 Å². The van der Waals surface area contributed by atoms with Gasteiger partial charge in [0, 0.05) is 17.5 Å². The van der Waals surface area contributed by atoms with Crippen LogP contribution in [0, 0.1) is 6.92 Å². The summed E-state index contributed by atoms with van der Waals surface area (Å²) in [6, 6.07) is 0. The van der Waals surface area contributed by atoms with E-state index >= 15 is 0 Å². The highest BCUT2D eigenvalue weighted by Gasteiger charge is 2.20. The maximum absolute atomic E-state index is 11.6. The molecule has 2 rings (SSSR count). The van der Waals surface area contributed by atoms with Crippen molar-refractivity contribution in [1.29, 1.82) is 0 Å². The number of aromatic nitrogens is 4. The molecular formula is C11H15N5O2S. The van der Waals surface area contributed by atoms with Gasteiger partial charge in [0.15, 0.2) is 5.69 Å². The third kappa shape index (κ3) is 2.96. The highest BCUT2D eigenvalue weighted by Crippen LogP contribution is 2.13. The molecule has 2 aromatic rings. The second-order valence-electron chi connectivity index (χ2n) is 3.96. The van der Waals surface area contributed by atoms with Crippen molar-refractivity contribution < 1.29 is 9.53 Å². The number of ether oxygens (including phenoxy) is 1. The maximum atomic E-state index is 11.6. The Kier molecular flexibility index (Phi) is 4.23. The molecule has 0 aliphatic carbocycles. The summed E-state index contributed by atoms with van der Waals surface area (Å²) in [5.74, 6) is -0.495. The molecule has 7 nitrogen and oxygen atoms in total. The highest BCUT2D eigenvalue weighted by atomic mass is 32.1. The predicted octanol–water partition coefficient (Wildman–Crippen LogP) is 0.379. The topological polar surface area (TPSA) is 95.9 Å². The largest absolute Gasteiger partial charge is 0.464 e. The Morgan fingerprint density at radius 3 is 2.95 bits per heavy atom. The van der Waals surface area contributed by atoms with Gasteiger partial charge < -0.3 is 10.5 Å². The van der Waals surface area contributed by atoms with E-state index in [4.69, 9.17) is 5.73 Å². The minimum absolute atomic E-state index is 0.223. The lowest BCUT2D eigenvalue weighted by molar-refractivity contribution is 0.0592. The molecule has 19 heavy (non-hydrogen) atoms. The van der Waals surface area contributed by atoms with Crippen molar-refractivity contribution >= 4 is 17.3 Å². The predicted molar refractivity (Wildman–Crippen MR) is 70.1 cm³/mol. The fourth-order valence-electron chi connectivity index (χ4n) is 1.70. The number of nitrogens with zero attached hydrogens (tertiary/aromatic N) is 4. The van der Waals surface area contributed by atoms with Crippen LogP contribution in [0.1, 0.15) is 26.9 Å². The van der Waals surface area contributed by atoms with E-state index in [0.717, 1.165) is 10.7 Å². The number of hydrogen-bond donors (Lipinski definition) is 1. The number of esters is 1. The van der Waals surface area contributed by atoms with Crippen LogP contribution in [0.2, 0.25) is 0 Å². The van der Waals surface area contributed by atoms with Gasteiger partial charge in [-0.05, 0) is 13.5 Å². The lowest BCUT2D eigenvalue weighted by Gasteiger charge is -2.04. The summed E-state index contributed by atoms with van der Waals surface area (Å²) in [5, 5.41) is 10.7. The van der Waals surface area contributed by atoms with Crippen molar-refractivity contribution in [2.75, 3.05) is 13.7 Å². The van der Waals surface area contributed by atoms with E-state index < -0.39 is 5.97 Å². The summed E-state index contributed by atoms with van der Waals surface area (Å²) in [4.78, 5) is 16.0. The van der Waals surface area contributed by atoms with E-state index in [2.05, 4.69) is 20.0 Å². The average molecular weight is 281 g/mol. The van der Waals surface area contributed by atoms with Gasteiger partial charge in [0.25, 0.3) is 0 Å². The van der Waals surface area contributed by atoms with Crippen molar-refractivity contribution in [2.45, 2.75) is 19.9 Å². The normalized spacial score (nSPS) is 10.7. The molecule has 2 N–H and O–H groups in total. The second kappa shape index (κ2) is 5.89. The van der Waals surface area contributed by atoms with E-state index in [9.17, 15) is 4.79 Å². The molecule has 0 saturated heterocycles. The maximum Gasteiger partial charge on any atom is 0.360 e. The molecule has 0 unspecified atom stereocenters. The number of thiazole rings is 1. The van der Waals surface area contributed by atoms with Gasteiger partial charge in [-0.3, -0.25) is 0 Å². The first-order valence-electron chi connectivity index (χ1n) is 5.77. The van der Waals surface area contributed by atoms with Crippen LogP contribution in [0.3, 0.4) is 0 Å². The van der Waals surface area contributed by atoms with E-state index in [-0.39, 0.29) is 5.69 Å². The van der Waals surface area contributed by atoms with Gasteiger partial charge in [-0.2, -0.15) is 0 Å². The number of rotatable bonds is 5. The Bertz CT molecular complexity index is 577. The van der Waals surface area contributed by atoms with Gasteiger partial charge >= 0.3 is 5.97 Å². The first kappa shape index (κ1) is 13.6. The van der Waals surface area contributed by atoms with Crippen LogP contribution in [-0.2, 0) is 17.7 Å². The molecule has 0 fully saturated rings. The summed E-state index contributed by atoms with van der Waals surface area (Å²) in [7, 11) is 1.32. The Morgan fingerprint density at radius 2 is 2.37 bits per heavy atom. The van der Waals surface area contributed by atoms with Gasteiger partial charge in [-0.15, -0.1) is 16.4 Å². The zero-order valence-electron chi connectivity index (χ0n) is 10.8.